The number of hydrogen-bond donors (Lipinski definition) is 0. The van der Waals surface area contributed by atoms with Crippen LogP contribution in [0.4, 0.5) is 5.69 Å². The van der Waals surface area contributed by atoms with Crippen molar-refractivity contribution in [2.45, 2.75) is 39.2 Å². The van der Waals surface area contributed by atoms with Crippen molar-refractivity contribution < 1.29 is 0 Å². The number of hydrogen-bond acceptors (Lipinski definition) is 1. The van der Waals surface area contributed by atoms with Crippen molar-refractivity contribution in [1.82, 2.24) is 0 Å². The maximum absolute atomic E-state index is 2.41. The molecule has 0 atom stereocenters. The Labute approximate surface area is 86.7 Å². The molecule has 0 unspecified atom stereocenters. The van der Waals surface area contributed by atoms with Crippen molar-refractivity contribution in [2.24, 2.45) is 0 Å². The highest BCUT2D eigenvalue weighted by Gasteiger charge is 2.29. The van der Waals surface area contributed by atoms with Crippen LogP contribution in [0.2, 0.25) is 0 Å². The summed E-state index contributed by atoms with van der Waals surface area (Å²) in [6.07, 6.45) is 2.47. The molecule has 1 aromatic rings. The zero-order valence-electron chi connectivity index (χ0n) is 9.59. The molecule has 76 valence electrons. The van der Waals surface area contributed by atoms with Crippen LogP contribution in [0, 0.1) is 6.92 Å². The number of rotatable bonds is 0. The largest absolute Gasteiger partial charge is 0.369 e. The number of anilines is 1. The third-order valence-corrected chi connectivity index (χ3v) is 3.51. The van der Waals surface area contributed by atoms with E-state index in [0.717, 1.165) is 0 Å². The van der Waals surface area contributed by atoms with Crippen molar-refractivity contribution in [3.8, 4) is 0 Å². The monoisotopic (exact) mass is 189 g/mol. The molecular weight excluding hydrogens is 170 g/mol. The van der Waals surface area contributed by atoms with Crippen LogP contribution in [0.5, 0.6) is 0 Å². The molecule has 0 radical (unpaired) electrons. The minimum Gasteiger partial charge on any atom is -0.369 e. The second-order valence-corrected chi connectivity index (χ2v) is 5.00. The van der Waals surface area contributed by atoms with Gasteiger partial charge in [-0.05, 0) is 45.2 Å². The smallest absolute Gasteiger partial charge is 0.0400 e. The molecule has 2 rings (SSSR count). The van der Waals surface area contributed by atoms with E-state index in [4.69, 9.17) is 0 Å². The number of aryl methyl sites for hydroxylation is 2. The first-order chi connectivity index (χ1) is 6.50. The third kappa shape index (κ3) is 1.41. The van der Waals surface area contributed by atoms with Crippen LogP contribution in [0.3, 0.4) is 0 Å². The highest BCUT2D eigenvalue weighted by Crippen LogP contribution is 2.35. The summed E-state index contributed by atoms with van der Waals surface area (Å²) >= 11 is 0. The molecule has 0 amide bonds. The Balaban J connectivity index is 2.46. The molecule has 0 aromatic heterocycles. The lowest BCUT2D eigenvalue weighted by molar-refractivity contribution is 0.431. The first-order valence-electron chi connectivity index (χ1n) is 5.34. The molecular formula is C13H19N. The van der Waals surface area contributed by atoms with Gasteiger partial charge in [-0.1, -0.05) is 17.7 Å². The fourth-order valence-corrected chi connectivity index (χ4v) is 2.18. The normalized spacial score (nSPS) is 19.3. The standard InChI is InChI=1S/C13H19N/c1-10-5-6-12-11(9-10)7-8-13(2,3)14(12)4/h5-6,9H,7-8H2,1-4H3. The van der Waals surface area contributed by atoms with Crippen molar-refractivity contribution in [2.75, 3.05) is 11.9 Å². The zero-order valence-corrected chi connectivity index (χ0v) is 9.59. The van der Waals surface area contributed by atoms with E-state index in [-0.39, 0.29) is 0 Å². The molecule has 0 fully saturated rings. The summed E-state index contributed by atoms with van der Waals surface area (Å²) in [6, 6.07) is 6.78. The van der Waals surface area contributed by atoms with Crippen molar-refractivity contribution in [3.05, 3.63) is 29.3 Å². The van der Waals surface area contributed by atoms with E-state index in [0.29, 0.717) is 5.54 Å². The number of nitrogens with zero attached hydrogens (tertiary/aromatic N) is 1. The van der Waals surface area contributed by atoms with Gasteiger partial charge in [0.15, 0.2) is 0 Å². The Morgan fingerprint density at radius 3 is 2.71 bits per heavy atom. The van der Waals surface area contributed by atoms with Crippen molar-refractivity contribution in [1.29, 1.82) is 0 Å². The highest BCUT2D eigenvalue weighted by atomic mass is 15.2. The van der Waals surface area contributed by atoms with Gasteiger partial charge >= 0.3 is 0 Å². The first kappa shape index (κ1) is 9.57. The molecule has 1 aliphatic heterocycles. The van der Waals surface area contributed by atoms with Crippen LogP contribution >= 0.6 is 0 Å². The number of fused-ring (bicyclic) bond motifs is 1. The summed E-state index contributed by atoms with van der Waals surface area (Å²) in [7, 11) is 2.20. The minimum atomic E-state index is 0.308. The van der Waals surface area contributed by atoms with E-state index in [2.05, 4.69) is 50.9 Å². The van der Waals surface area contributed by atoms with E-state index in [1.54, 1.807) is 0 Å². The molecule has 1 heterocycles. The predicted octanol–water partition coefficient (Wildman–Crippen LogP) is 3.16. The molecule has 0 N–H and O–H groups in total. The van der Waals surface area contributed by atoms with E-state index < -0.39 is 0 Å². The van der Waals surface area contributed by atoms with E-state index in [1.807, 2.05) is 0 Å². The summed E-state index contributed by atoms with van der Waals surface area (Å²) < 4.78 is 0. The van der Waals surface area contributed by atoms with Gasteiger partial charge in [0, 0.05) is 18.3 Å². The fraction of sp³-hybridized carbons (Fsp3) is 0.538. The number of benzene rings is 1. The van der Waals surface area contributed by atoms with E-state index in [9.17, 15) is 0 Å². The Kier molecular flexibility index (Phi) is 2.06. The van der Waals surface area contributed by atoms with Crippen LogP contribution in [-0.2, 0) is 6.42 Å². The van der Waals surface area contributed by atoms with Crippen LogP contribution in [0.25, 0.3) is 0 Å². The molecule has 0 spiro atoms. The summed E-state index contributed by atoms with van der Waals surface area (Å²) in [6.45, 7) is 6.80. The fourth-order valence-electron chi connectivity index (χ4n) is 2.18. The average Bonchev–Trinajstić information content (AvgIpc) is 2.12. The Hall–Kier alpha value is -0.980. The van der Waals surface area contributed by atoms with Crippen LogP contribution in [-0.4, -0.2) is 12.6 Å². The van der Waals surface area contributed by atoms with E-state index in [1.165, 1.54) is 29.7 Å². The second kappa shape index (κ2) is 3.01. The quantitative estimate of drug-likeness (QED) is 0.606. The van der Waals surface area contributed by atoms with Gasteiger partial charge in [0.05, 0.1) is 0 Å². The zero-order chi connectivity index (χ0) is 10.3. The van der Waals surface area contributed by atoms with E-state index >= 15 is 0 Å². The molecule has 14 heavy (non-hydrogen) atoms. The summed E-state index contributed by atoms with van der Waals surface area (Å²) in [5.74, 6) is 0. The van der Waals surface area contributed by atoms with Crippen LogP contribution in [0.1, 0.15) is 31.4 Å². The Morgan fingerprint density at radius 1 is 1.29 bits per heavy atom. The Bertz CT molecular complexity index is 352. The predicted molar refractivity (Wildman–Crippen MR) is 62.0 cm³/mol. The third-order valence-electron chi connectivity index (χ3n) is 3.51. The summed E-state index contributed by atoms with van der Waals surface area (Å²) in [4.78, 5) is 2.41. The highest BCUT2D eigenvalue weighted by molar-refractivity contribution is 5.58. The van der Waals surface area contributed by atoms with Crippen molar-refractivity contribution >= 4 is 5.69 Å². The van der Waals surface area contributed by atoms with Gasteiger partial charge in [0.25, 0.3) is 0 Å². The maximum atomic E-state index is 2.41. The van der Waals surface area contributed by atoms with Gasteiger partial charge in [-0.2, -0.15) is 0 Å². The topological polar surface area (TPSA) is 3.24 Å². The van der Waals surface area contributed by atoms with Gasteiger partial charge in [-0.25, -0.2) is 0 Å². The van der Waals surface area contributed by atoms with Gasteiger partial charge < -0.3 is 4.90 Å². The SMILES string of the molecule is Cc1ccc2c(c1)CCC(C)(C)N2C. The lowest BCUT2D eigenvalue weighted by Crippen LogP contribution is -2.44. The molecule has 0 aliphatic carbocycles. The average molecular weight is 189 g/mol. The van der Waals surface area contributed by atoms with Crippen molar-refractivity contribution in [3.63, 3.8) is 0 Å². The minimum absolute atomic E-state index is 0.308. The van der Waals surface area contributed by atoms with Gasteiger partial charge in [-0.15, -0.1) is 0 Å². The van der Waals surface area contributed by atoms with Gasteiger partial charge in [0.1, 0.15) is 0 Å². The molecule has 1 nitrogen and oxygen atoms in total. The van der Waals surface area contributed by atoms with Crippen LogP contribution < -0.4 is 4.90 Å². The molecule has 1 aliphatic rings. The lowest BCUT2D eigenvalue weighted by atomic mass is 9.87. The summed E-state index contributed by atoms with van der Waals surface area (Å²) in [5.41, 5.74) is 4.60. The first-order valence-corrected chi connectivity index (χ1v) is 5.34. The summed E-state index contributed by atoms with van der Waals surface area (Å²) in [5, 5.41) is 0. The van der Waals surface area contributed by atoms with Crippen LogP contribution in [0.15, 0.2) is 18.2 Å². The molecule has 0 bridgehead atoms. The Morgan fingerprint density at radius 2 is 2.00 bits per heavy atom. The lowest BCUT2D eigenvalue weighted by Gasteiger charge is -2.42. The van der Waals surface area contributed by atoms with Gasteiger partial charge in [-0.3, -0.25) is 0 Å². The molecule has 1 heteroatoms. The molecule has 0 saturated heterocycles. The molecule has 0 saturated carbocycles. The van der Waals surface area contributed by atoms with Gasteiger partial charge in [0.2, 0.25) is 0 Å². The maximum Gasteiger partial charge on any atom is 0.0400 e. The second-order valence-electron chi connectivity index (χ2n) is 5.00. The molecule has 1 aromatic carbocycles.